The SMILES string of the molecule is Cn1c(=O)n(Cc2ccccc2)c(=O)c2cc(C(=O)NCc3ccncc3)ccc21. The maximum atomic E-state index is 13.1. The van der Waals surface area contributed by atoms with Gasteiger partial charge in [0.05, 0.1) is 17.4 Å². The first-order valence-electron chi connectivity index (χ1n) is 9.49. The maximum absolute atomic E-state index is 13.1. The van der Waals surface area contributed by atoms with E-state index in [9.17, 15) is 14.4 Å². The lowest BCUT2D eigenvalue weighted by Crippen LogP contribution is -2.39. The molecule has 30 heavy (non-hydrogen) atoms. The van der Waals surface area contributed by atoms with E-state index in [-0.39, 0.29) is 12.5 Å². The van der Waals surface area contributed by atoms with E-state index in [4.69, 9.17) is 0 Å². The molecule has 150 valence electrons. The van der Waals surface area contributed by atoms with Crippen molar-refractivity contribution in [2.24, 2.45) is 7.05 Å². The van der Waals surface area contributed by atoms with Crippen LogP contribution in [0.5, 0.6) is 0 Å². The molecule has 7 heteroatoms. The van der Waals surface area contributed by atoms with Crippen LogP contribution in [0.4, 0.5) is 0 Å². The lowest BCUT2D eigenvalue weighted by molar-refractivity contribution is 0.0951. The Balaban J connectivity index is 1.70. The first-order chi connectivity index (χ1) is 14.5. The van der Waals surface area contributed by atoms with Gasteiger partial charge < -0.3 is 5.32 Å². The monoisotopic (exact) mass is 400 g/mol. The van der Waals surface area contributed by atoms with Crippen molar-refractivity contribution in [3.63, 3.8) is 0 Å². The van der Waals surface area contributed by atoms with Gasteiger partial charge in [-0.3, -0.25) is 23.7 Å². The number of pyridine rings is 1. The van der Waals surface area contributed by atoms with Crippen LogP contribution in [0.1, 0.15) is 21.5 Å². The van der Waals surface area contributed by atoms with Crippen molar-refractivity contribution < 1.29 is 4.79 Å². The lowest BCUT2D eigenvalue weighted by Gasteiger charge is -2.12. The summed E-state index contributed by atoms with van der Waals surface area (Å²) in [5, 5.41) is 3.16. The third-order valence-corrected chi connectivity index (χ3v) is 5.00. The van der Waals surface area contributed by atoms with Gasteiger partial charge in [-0.2, -0.15) is 0 Å². The Labute approximate surface area is 172 Å². The van der Waals surface area contributed by atoms with Crippen LogP contribution in [0.2, 0.25) is 0 Å². The van der Waals surface area contributed by atoms with E-state index in [0.717, 1.165) is 11.1 Å². The van der Waals surface area contributed by atoms with E-state index < -0.39 is 11.2 Å². The van der Waals surface area contributed by atoms with Crippen molar-refractivity contribution in [3.8, 4) is 0 Å². The molecule has 0 saturated heterocycles. The van der Waals surface area contributed by atoms with Crippen LogP contribution in [0.3, 0.4) is 0 Å². The molecular formula is C23H20N4O3. The van der Waals surface area contributed by atoms with Gasteiger partial charge in [-0.1, -0.05) is 30.3 Å². The third kappa shape index (κ3) is 3.77. The molecule has 0 spiro atoms. The zero-order valence-electron chi connectivity index (χ0n) is 16.4. The third-order valence-electron chi connectivity index (χ3n) is 5.00. The van der Waals surface area contributed by atoms with E-state index >= 15 is 0 Å². The highest BCUT2D eigenvalue weighted by Crippen LogP contribution is 2.12. The highest BCUT2D eigenvalue weighted by Gasteiger charge is 2.14. The quantitative estimate of drug-likeness (QED) is 0.556. The van der Waals surface area contributed by atoms with Crippen LogP contribution in [0.25, 0.3) is 10.9 Å². The summed E-state index contributed by atoms with van der Waals surface area (Å²) in [7, 11) is 1.62. The van der Waals surface area contributed by atoms with Gasteiger partial charge >= 0.3 is 5.69 Å². The molecule has 1 N–H and O–H groups in total. The summed E-state index contributed by atoms with van der Waals surface area (Å²) in [6.07, 6.45) is 3.32. The maximum Gasteiger partial charge on any atom is 0.331 e. The zero-order valence-corrected chi connectivity index (χ0v) is 16.4. The summed E-state index contributed by atoms with van der Waals surface area (Å²) < 4.78 is 2.62. The van der Waals surface area contributed by atoms with Crippen LogP contribution in [0.15, 0.2) is 82.6 Å². The molecule has 0 radical (unpaired) electrons. The van der Waals surface area contributed by atoms with Crippen LogP contribution in [-0.4, -0.2) is 20.0 Å². The Morgan fingerprint density at radius 3 is 2.43 bits per heavy atom. The molecule has 0 aliphatic heterocycles. The lowest BCUT2D eigenvalue weighted by atomic mass is 10.1. The number of amides is 1. The standard InChI is InChI=1S/C23H20N4O3/c1-26-20-8-7-18(21(28)25-14-16-9-11-24-12-10-16)13-19(20)22(29)27(23(26)30)15-17-5-3-2-4-6-17/h2-13H,14-15H2,1H3,(H,25,28). The molecule has 0 saturated carbocycles. The molecule has 0 aliphatic rings. The van der Waals surface area contributed by atoms with Crippen molar-refractivity contribution in [2.45, 2.75) is 13.1 Å². The van der Waals surface area contributed by atoms with E-state index in [1.165, 1.54) is 9.13 Å². The van der Waals surface area contributed by atoms with Crippen molar-refractivity contribution in [1.82, 2.24) is 19.4 Å². The number of nitrogens with zero attached hydrogens (tertiary/aromatic N) is 3. The molecule has 0 bridgehead atoms. The molecule has 2 heterocycles. The number of aryl methyl sites for hydroxylation is 1. The van der Waals surface area contributed by atoms with Crippen LogP contribution < -0.4 is 16.6 Å². The number of hydrogen-bond donors (Lipinski definition) is 1. The molecule has 4 rings (SSSR count). The van der Waals surface area contributed by atoms with Gasteiger partial charge in [-0.15, -0.1) is 0 Å². The summed E-state index contributed by atoms with van der Waals surface area (Å²) in [4.78, 5) is 42.3. The number of aromatic nitrogens is 3. The summed E-state index contributed by atoms with van der Waals surface area (Å²) >= 11 is 0. The summed E-state index contributed by atoms with van der Waals surface area (Å²) in [6.45, 7) is 0.520. The second-order valence-corrected chi connectivity index (χ2v) is 6.99. The highest BCUT2D eigenvalue weighted by atomic mass is 16.2. The van der Waals surface area contributed by atoms with Gasteiger partial charge in [-0.05, 0) is 41.5 Å². The average Bonchev–Trinajstić information content (AvgIpc) is 2.80. The van der Waals surface area contributed by atoms with E-state index in [1.54, 1.807) is 37.6 Å². The molecule has 0 unspecified atom stereocenters. The minimum atomic E-state index is -0.416. The van der Waals surface area contributed by atoms with Gasteiger partial charge in [0.2, 0.25) is 0 Å². The van der Waals surface area contributed by atoms with Crippen molar-refractivity contribution in [1.29, 1.82) is 0 Å². The number of benzene rings is 2. The predicted octanol–water partition coefficient (Wildman–Crippen LogP) is 2.07. The molecule has 2 aromatic carbocycles. The molecule has 0 fully saturated rings. The second-order valence-electron chi connectivity index (χ2n) is 6.99. The van der Waals surface area contributed by atoms with E-state index in [1.807, 2.05) is 42.5 Å². The molecule has 0 atom stereocenters. The second kappa shape index (κ2) is 8.16. The Kier molecular flexibility index (Phi) is 5.26. The van der Waals surface area contributed by atoms with Crippen molar-refractivity contribution in [2.75, 3.05) is 0 Å². The summed E-state index contributed by atoms with van der Waals surface area (Å²) in [5.41, 5.74) is 1.81. The average molecular weight is 400 g/mol. The van der Waals surface area contributed by atoms with E-state index in [2.05, 4.69) is 10.3 Å². The van der Waals surface area contributed by atoms with Gasteiger partial charge in [0.25, 0.3) is 11.5 Å². The minimum Gasteiger partial charge on any atom is -0.348 e. The minimum absolute atomic E-state index is 0.167. The first kappa shape index (κ1) is 19.3. The Morgan fingerprint density at radius 1 is 0.967 bits per heavy atom. The predicted molar refractivity (Wildman–Crippen MR) is 114 cm³/mol. The normalized spacial score (nSPS) is 10.8. The fraction of sp³-hybridized carbons (Fsp3) is 0.130. The van der Waals surface area contributed by atoms with Crippen LogP contribution in [0, 0.1) is 0 Å². The molecule has 0 aliphatic carbocycles. The Morgan fingerprint density at radius 2 is 1.70 bits per heavy atom. The number of rotatable bonds is 5. The van der Waals surface area contributed by atoms with E-state index in [0.29, 0.717) is 23.0 Å². The number of fused-ring (bicyclic) bond motifs is 1. The van der Waals surface area contributed by atoms with Gasteiger partial charge in [-0.25, -0.2) is 4.79 Å². The number of carbonyl (C=O) groups is 1. The fourth-order valence-corrected chi connectivity index (χ4v) is 3.35. The van der Waals surface area contributed by atoms with Crippen LogP contribution in [-0.2, 0) is 20.1 Å². The highest BCUT2D eigenvalue weighted by molar-refractivity contribution is 5.97. The number of carbonyl (C=O) groups excluding carboxylic acids is 1. The Bertz CT molecular complexity index is 1330. The smallest absolute Gasteiger partial charge is 0.331 e. The number of nitrogens with one attached hydrogen (secondary N) is 1. The zero-order chi connectivity index (χ0) is 21.1. The largest absolute Gasteiger partial charge is 0.348 e. The van der Waals surface area contributed by atoms with Gasteiger partial charge in [0, 0.05) is 31.5 Å². The summed E-state index contributed by atoms with van der Waals surface area (Å²) in [5.74, 6) is -0.295. The summed E-state index contributed by atoms with van der Waals surface area (Å²) in [6, 6.07) is 17.7. The molecular weight excluding hydrogens is 380 g/mol. The van der Waals surface area contributed by atoms with Gasteiger partial charge in [0.1, 0.15) is 0 Å². The molecule has 2 aromatic heterocycles. The van der Waals surface area contributed by atoms with Crippen molar-refractivity contribution >= 4 is 16.8 Å². The molecule has 1 amide bonds. The number of hydrogen-bond acceptors (Lipinski definition) is 4. The molecule has 4 aromatic rings. The first-order valence-corrected chi connectivity index (χ1v) is 9.49. The van der Waals surface area contributed by atoms with Crippen molar-refractivity contribution in [3.05, 3.63) is 111 Å². The fourth-order valence-electron chi connectivity index (χ4n) is 3.35. The van der Waals surface area contributed by atoms with Crippen LogP contribution >= 0.6 is 0 Å². The Hall–Kier alpha value is -4.00. The topological polar surface area (TPSA) is 86.0 Å². The molecule has 7 nitrogen and oxygen atoms in total. The van der Waals surface area contributed by atoms with Gasteiger partial charge in [0.15, 0.2) is 0 Å².